The fraction of sp³-hybridized carbons (Fsp3) is 0.500. The van der Waals surface area contributed by atoms with Crippen molar-refractivity contribution < 1.29 is 4.79 Å². The van der Waals surface area contributed by atoms with Crippen molar-refractivity contribution in [3.8, 4) is 0 Å². The van der Waals surface area contributed by atoms with Crippen molar-refractivity contribution in [3.63, 3.8) is 0 Å². The van der Waals surface area contributed by atoms with Gasteiger partial charge in [0.15, 0.2) is 0 Å². The highest BCUT2D eigenvalue weighted by Crippen LogP contribution is 2.29. The van der Waals surface area contributed by atoms with Crippen LogP contribution in [0, 0.1) is 13.8 Å². The summed E-state index contributed by atoms with van der Waals surface area (Å²) < 4.78 is 0. The minimum atomic E-state index is 0.163. The number of thiophene rings is 1. The lowest BCUT2D eigenvalue weighted by Gasteiger charge is -2.29. The first-order valence-electron chi connectivity index (χ1n) is 6.78. The molecule has 1 unspecified atom stereocenters. The minimum absolute atomic E-state index is 0.163. The molecule has 0 radical (unpaired) electrons. The molecular formula is C14H18N4OS. The Kier molecular flexibility index (Phi) is 3.33. The molecule has 0 aromatic carbocycles. The number of carbonyl (C=O) groups is 1. The van der Waals surface area contributed by atoms with Crippen molar-refractivity contribution in [2.75, 3.05) is 18.9 Å². The Morgan fingerprint density at radius 3 is 2.95 bits per heavy atom. The summed E-state index contributed by atoms with van der Waals surface area (Å²) in [5.74, 6) is 1.82. The Morgan fingerprint density at radius 2 is 2.20 bits per heavy atom. The quantitative estimate of drug-likeness (QED) is 0.922. The molecule has 1 amide bonds. The van der Waals surface area contributed by atoms with E-state index in [1.165, 1.54) is 4.88 Å². The monoisotopic (exact) mass is 290 g/mol. The summed E-state index contributed by atoms with van der Waals surface area (Å²) in [6, 6.07) is 2.27. The van der Waals surface area contributed by atoms with Gasteiger partial charge in [0.05, 0.1) is 5.39 Å². The van der Waals surface area contributed by atoms with E-state index >= 15 is 0 Å². The van der Waals surface area contributed by atoms with Crippen LogP contribution < -0.4 is 5.32 Å². The van der Waals surface area contributed by atoms with Crippen molar-refractivity contribution in [1.29, 1.82) is 0 Å². The predicted octanol–water partition coefficient (Wildman–Crippen LogP) is 2.34. The molecule has 3 rings (SSSR count). The molecule has 2 aromatic rings. The van der Waals surface area contributed by atoms with Gasteiger partial charge in [-0.1, -0.05) is 0 Å². The molecular weight excluding hydrogens is 272 g/mol. The molecule has 1 atom stereocenters. The van der Waals surface area contributed by atoms with Crippen molar-refractivity contribution in [3.05, 3.63) is 16.8 Å². The fourth-order valence-electron chi connectivity index (χ4n) is 2.52. The Labute approximate surface area is 122 Å². The number of aryl methyl sites for hydroxylation is 2. The van der Waals surface area contributed by atoms with Crippen LogP contribution >= 0.6 is 11.3 Å². The second-order valence-electron chi connectivity index (χ2n) is 5.34. The number of likely N-dealkylation sites (tertiary alicyclic amines) is 1. The molecule has 0 saturated carbocycles. The van der Waals surface area contributed by atoms with Crippen LogP contribution in [0.1, 0.15) is 23.5 Å². The van der Waals surface area contributed by atoms with Gasteiger partial charge in [-0.15, -0.1) is 11.3 Å². The molecule has 2 aromatic heterocycles. The van der Waals surface area contributed by atoms with E-state index in [0.29, 0.717) is 6.42 Å². The number of piperidine rings is 1. The molecule has 1 saturated heterocycles. The molecule has 6 heteroatoms. The van der Waals surface area contributed by atoms with Crippen LogP contribution in [0.3, 0.4) is 0 Å². The zero-order valence-electron chi connectivity index (χ0n) is 11.9. The van der Waals surface area contributed by atoms with Crippen LogP contribution in [0.4, 0.5) is 5.82 Å². The van der Waals surface area contributed by atoms with Gasteiger partial charge in [-0.25, -0.2) is 9.97 Å². The summed E-state index contributed by atoms with van der Waals surface area (Å²) in [6.45, 7) is 4.77. The summed E-state index contributed by atoms with van der Waals surface area (Å²) >= 11 is 1.68. The third kappa shape index (κ3) is 2.47. The number of rotatable bonds is 2. The van der Waals surface area contributed by atoms with Gasteiger partial charge >= 0.3 is 0 Å². The second kappa shape index (κ2) is 5.01. The second-order valence-corrected chi connectivity index (χ2v) is 6.58. The van der Waals surface area contributed by atoms with Crippen molar-refractivity contribution >= 4 is 33.3 Å². The summed E-state index contributed by atoms with van der Waals surface area (Å²) in [6.07, 6.45) is 1.49. The molecule has 1 N–H and O–H groups in total. The average molecular weight is 290 g/mol. The lowest BCUT2D eigenvalue weighted by atomic mass is 10.0. The van der Waals surface area contributed by atoms with Crippen LogP contribution in [-0.4, -0.2) is 40.4 Å². The van der Waals surface area contributed by atoms with Crippen molar-refractivity contribution in [1.82, 2.24) is 14.9 Å². The van der Waals surface area contributed by atoms with E-state index in [-0.39, 0.29) is 11.9 Å². The third-order valence-electron chi connectivity index (χ3n) is 3.63. The summed E-state index contributed by atoms with van der Waals surface area (Å²) in [5.41, 5.74) is 0. The maximum Gasteiger partial charge on any atom is 0.224 e. The molecule has 5 nitrogen and oxygen atoms in total. The van der Waals surface area contributed by atoms with Crippen molar-refractivity contribution in [2.45, 2.75) is 32.7 Å². The highest BCUT2D eigenvalue weighted by molar-refractivity contribution is 7.18. The van der Waals surface area contributed by atoms with Gasteiger partial charge in [-0.05, 0) is 26.3 Å². The van der Waals surface area contributed by atoms with Gasteiger partial charge in [-0.3, -0.25) is 4.79 Å². The largest absolute Gasteiger partial charge is 0.366 e. The van der Waals surface area contributed by atoms with Gasteiger partial charge in [0.2, 0.25) is 5.91 Å². The molecule has 3 heterocycles. The van der Waals surface area contributed by atoms with Crippen LogP contribution in [0.15, 0.2) is 6.07 Å². The van der Waals surface area contributed by atoms with Gasteiger partial charge in [0.1, 0.15) is 16.5 Å². The number of hydrogen-bond donors (Lipinski definition) is 1. The normalized spacial score (nSPS) is 19.6. The number of anilines is 1. The number of nitrogens with zero attached hydrogens (tertiary/aromatic N) is 3. The van der Waals surface area contributed by atoms with E-state index in [1.54, 1.807) is 16.2 Å². The van der Waals surface area contributed by atoms with E-state index in [2.05, 4.69) is 28.3 Å². The minimum Gasteiger partial charge on any atom is -0.366 e. The standard InChI is InChI=1S/C14H18N4OS/c1-8-6-11-13(15-9(2)16-14(11)20-8)17-10-4-5-18(3)12(19)7-10/h6,10H,4-5,7H2,1-3H3,(H,15,16,17). The maximum absolute atomic E-state index is 11.8. The number of carbonyl (C=O) groups excluding carboxylic acids is 1. The van der Waals surface area contributed by atoms with Gasteiger partial charge < -0.3 is 10.2 Å². The van der Waals surface area contributed by atoms with Crippen molar-refractivity contribution in [2.24, 2.45) is 0 Å². The topological polar surface area (TPSA) is 58.1 Å². The molecule has 1 aliphatic rings. The van der Waals surface area contributed by atoms with Crippen LogP contribution in [0.2, 0.25) is 0 Å². The first-order chi connectivity index (χ1) is 9.52. The van der Waals surface area contributed by atoms with Gasteiger partial charge in [0, 0.05) is 30.9 Å². The molecule has 0 bridgehead atoms. The zero-order chi connectivity index (χ0) is 14.3. The average Bonchev–Trinajstić information content (AvgIpc) is 2.74. The Balaban J connectivity index is 1.89. The number of hydrogen-bond acceptors (Lipinski definition) is 5. The summed E-state index contributed by atoms with van der Waals surface area (Å²) in [5, 5.41) is 4.50. The Morgan fingerprint density at radius 1 is 1.40 bits per heavy atom. The molecule has 0 spiro atoms. The third-order valence-corrected chi connectivity index (χ3v) is 4.57. The lowest BCUT2D eigenvalue weighted by Crippen LogP contribution is -2.41. The fourth-order valence-corrected chi connectivity index (χ4v) is 3.44. The zero-order valence-corrected chi connectivity index (χ0v) is 12.8. The van der Waals surface area contributed by atoms with Gasteiger partial charge in [-0.2, -0.15) is 0 Å². The smallest absolute Gasteiger partial charge is 0.224 e. The Bertz CT molecular complexity index is 666. The van der Waals surface area contributed by atoms with E-state index in [1.807, 2.05) is 14.0 Å². The first kappa shape index (κ1) is 13.3. The number of amides is 1. The molecule has 106 valence electrons. The number of aromatic nitrogens is 2. The first-order valence-corrected chi connectivity index (χ1v) is 7.60. The Hall–Kier alpha value is -1.69. The van der Waals surface area contributed by atoms with Gasteiger partial charge in [0.25, 0.3) is 0 Å². The maximum atomic E-state index is 11.8. The highest BCUT2D eigenvalue weighted by Gasteiger charge is 2.24. The summed E-state index contributed by atoms with van der Waals surface area (Å²) in [7, 11) is 1.85. The van der Waals surface area contributed by atoms with E-state index < -0.39 is 0 Å². The summed E-state index contributed by atoms with van der Waals surface area (Å²) in [4.78, 5) is 24.8. The van der Waals surface area contributed by atoms with Crippen LogP contribution in [-0.2, 0) is 4.79 Å². The van der Waals surface area contributed by atoms with Crippen LogP contribution in [0.25, 0.3) is 10.2 Å². The molecule has 1 aliphatic heterocycles. The number of fused-ring (bicyclic) bond motifs is 1. The predicted molar refractivity (Wildman–Crippen MR) is 81.2 cm³/mol. The molecule has 0 aliphatic carbocycles. The van der Waals surface area contributed by atoms with E-state index in [9.17, 15) is 4.79 Å². The van der Waals surface area contributed by atoms with Crippen LogP contribution in [0.5, 0.6) is 0 Å². The SMILES string of the molecule is Cc1nc(NC2CCN(C)C(=O)C2)c2cc(C)sc2n1. The lowest BCUT2D eigenvalue weighted by molar-refractivity contribution is -0.132. The van der Waals surface area contributed by atoms with E-state index in [0.717, 1.165) is 34.8 Å². The molecule has 20 heavy (non-hydrogen) atoms. The molecule has 1 fully saturated rings. The van der Waals surface area contributed by atoms with E-state index in [4.69, 9.17) is 0 Å². The highest BCUT2D eigenvalue weighted by atomic mass is 32.1. The number of nitrogens with one attached hydrogen (secondary N) is 1.